The minimum Gasteiger partial charge on any atom is -0.267 e. The van der Waals surface area contributed by atoms with Crippen molar-refractivity contribution in [2.24, 2.45) is 11.0 Å². The lowest BCUT2D eigenvalue weighted by Gasteiger charge is -2.30. The van der Waals surface area contributed by atoms with E-state index in [1.165, 1.54) is 5.57 Å². The molecule has 0 bridgehead atoms. The summed E-state index contributed by atoms with van der Waals surface area (Å²) in [6.45, 7) is 0. The van der Waals surface area contributed by atoms with Crippen LogP contribution in [0.1, 0.15) is 46.8 Å². The van der Waals surface area contributed by atoms with Gasteiger partial charge in [0.15, 0.2) is 0 Å². The molecule has 206 valence electrons. The predicted molar refractivity (Wildman–Crippen MR) is 177 cm³/mol. The van der Waals surface area contributed by atoms with Gasteiger partial charge in [0.25, 0.3) is 5.91 Å². The predicted octanol–water partition coefficient (Wildman–Crippen LogP) is 9.86. The number of hydrogen-bond donors (Lipinski definition) is 0. The van der Waals surface area contributed by atoms with Crippen molar-refractivity contribution in [2.75, 3.05) is 0 Å². The summed E-state index contributed by atoms with van der Waals surface area (Å²) in [4.78, 5) is 19.6. The molecule has 2 aliphatic rings. The van der Waals surface area contributed by atoms with Crippen LogP contribution >= 0.6 is 31.9 Å². The normalized spacial score (nSPS) is 19.1. The van der Waals surface area contributed by atoms with Crippen LogP contribution < -0.4 is 0 Å². The largest absolute Gasteiger partial charge is 0.275 e. The summed E-state index contributed by atoms with van der Waals surface area (Å²) in [7, 11) is 0. The monoisotopic (exact) mass is 675 g/mol. The molecule has 1 aliphatic heterocycles. The zero-order valence-electron chi connectivity index (χ0n) is 22.8. The Hall–Kier alpha value is -3.87. The molecule has 0 radical (unpaired) electrons. The topological polar surface area (TPSA) is 45.6 Å². The van der Waals surface area contributed by atoms with Gasteiger partial charge in [-0.1, -0.05) is 105 Å². The number of nitrogens with zero attached hydrogens (tertiary/aromatic N) is 3. The van der Waals surface area contributed by atoms with E-state index in [9.17, 15) is 4.79 Å². The molecule has 7 rings (SSSR count). The quantitative estimate of drug-likeness (QED) is 0.190. The van der Waals surface area contributed by atoms with Crippen molar-refractivity contribution in [1.29, 1.82) is 0 Å². The van der Waals surface area contributed by atoms with Crippen LogP contribution in [0, 0.1) is 5.92 Å². The van der Waals surface area contributed by atoms with Crippen LogP contribution in [0.25, 0.3) is 28.2 Å². The highest BCUT2D eigenvalue weighted by Gasteiger charge is 2.44. The van der Waals surface area contributed by atoms with Gasteiger partial charge in [0.2, 0.25) is 0 Å². The van der Waals surface area contributed by atoms with Gasteiger partial charge in [-0.2, -0.15) is 5.10 Å². The fourth-order valence-corrected chi connectivity index (χ4v) is 6.68. The van der Waals surface area contributed by atoms with Crippen molar-refractivity contribution in [3.8, 4) is 11.3 Å². The molecular weight excluding hydrogens is 650 g/mol. The lowest BCUT2D eigenvalue weighted by Crippen LogP contribution is -2.32. The number of benzene rings is 4. The van der Waals surface area contributed by atoms with Gasteiger partial charge in [0.05, 0.1) is 28.5 Å². The first kappa shape index (κ1) is 27.0. The molecule has 6 heteroatoms. The number of carbonyl (C=O) groups is 1. The SMILES string of the molecule is O=C(c1cc(-c2ccccc2)nc2ccccc12)N1N=C2/C(=C\c3ccc(Br)cc3)CCC[C@@H]2[C@@H]1c1ccc(Br)cc1. The number of hydrazone groups is 1. The highest BCUT2D eigenvalue weighted by molar-refractivity contribution is 9.10. The maximum Gasteiger partial charge on any atom is 0.275 e. The molecule has 42 heavy (non-hydrogen) atoms. The standard InChI is InChI=1S/C36H27Br2N3O/c37-27-17-13-23(14-18-27)21-26-9-6-11-30-34(26)40-41(35(30)25-15-19-28(38)20-16-25)36(42)31-22-33(24-7-2-1-3-8-24)39-32-12-5-4-10-29(31)32/h1-5,7-8,10,12-22,30,35H,6,9,11H2/b26-21-/t30-,35-/m0/s1. The second kappa shape index (κ2) is 11.4. The van der Waals surface area contributed by atoms with Gasteiger partial charge in [-0.25, -0.2) is 9.99 Å². The van der Waals surface area contributed by atoms with E-state index in [2.05, 4.69) is 74.3 Å². The molecule has 1 fully saturated rings. The third-order valence-corrected chi connectivity index (χ3v) is 9.21. The van der Waals surface area contributed by atoms with Crippen molar-refractivity contribution in [3.63, 3.8) is 0 Å². The second-order valence-corrected chi connectivity index (χ2v) is 12.6. The lowest BCUT2D eigenvalue weighted by atomic mass is 9.77. The van der Waals surface area contributed by atoms with Gasteiger partial charge in [-0.3, -0.25) is 4.79 Å². The van der Waals surface area contributed by atoms with Crippen LogP contribution in [0.3, 0.4) is 0 Å². The van der Waals surface area contributed by atoms with Crippen LogP contribution in [0.2, 0.25) is 0 Å². The van der Waals surface area contributed by atoms with Gasteiger partial charge in [0.1, 0.15) is 0 Å². The zero-order chi connectivity index (χ0) is 28.6. The summed E-state index contributed by atoms with van der Waals surface area (Å²) in [6, 6.07) is 36.3. The van der Waals surface area contributed by atoms with Gasteiger partial charge in [-0.15, -0.1) is 0 Å². The molecular formula is C36H27Br2N3O. The summed E-state index contributed by atoms with van der Waals surface area (Å²) in [5, 5.41) is 7.74. The smallest absolute Gasteiger partial charge is 0.267 e. The first-order valence-electron chi connectivity index (χ1n) is 14.1. The number of aromatic nitrogens is 1. The first-order chi connectivity index (χ1) is 20.5. The van der Waals surface area contributed by atoms with Crippen LogP contribution in [0.4, 0.5) is 0 Å². The van der Waals surface area contributed by atoms with E-state index in [0.29, 0.717) is 5.56 Å². The number of carbonyl (C=O) groups excluding carboxylic acids is 1. The van der Waals surface area contributed by atoms with E-state index in [1.807, 2.05) is 72.8 Å². The molecule has 1 amide bonds. The number of amides is 1. The van der Waals surface area contributed by atoms with Gasteiger partial charge in [-0.05, 0) is 78.4 Å². The van der Waals surface area contributed by atoms with Crippen molar-refractivity contribution in [2.45, 2.75) is 25.3 Å². The zero-order valence-corrected chi connectivity index (χ0v) is 25.9. The Balaban J connectivity index is 1.37. The molecule has 0 N–H and O–H groups in total. The summed E-state index contributed by atoms with van der Waals surface area (Å²) >= 11 is 7.13. The minimum atomic E-state index is -0.193. The molecule has 1 aromatic heterocycles. The molecule has 4 aromatic carbocycles. The maximum absolute atomic E-state index is 14.7. The Labute approximate surface area is 262 Å². The molecule has 2 heterocycles. The molecule has 0 unspecified atom stereocenters. The van der Waals surface area contributed by atoms with Crippen LogP contribution in [-0.2, 0) is 0 Å². The molecule has 2 atom stereocenters. The number of pyridine rings is 1. The van der Waals surface area contributed by atoms with E-state index in [1.54, 1.807) is 5.01 Å². The van der Waals surface area contributed by atoms with Gasteiger partial charge < -0.3 is 0 Å². The fourth-order valence-electron chi connectivity index (χ4n) is 6.15. The fraction of sp³-hybridized carbons (Fsp3) is 0.139. The highest BCUT2D eigenvalue weighted by Crippen LogP contribution is 2.45. The number of rotatable bonds is 4. The number of halogens is 2. The summed E-state index contributed by atoms with van der Waals surface area (Å²) in [6.07, 6.45) is 5.21. The van der Waals surface area contributed by atoms with Crippen LogP contribution in [-0.4, -0.2) is 21.6 Å². The first-order valence-corrected chi connectivity index (χ1v) is 15.7. The Bertz CT molecular complexity index is 1850. The number of para-hydroxylation sites is 1. The van der Waals surface area contributed by atoms with E-state index in [4.69, 9.17) is 10.1 Å². The van der Waals surface area contributed by atoms with Crippen LogP contribution in [0.5, 0.6) is 0 Å². The Morgan fingerprint density at radius 2 is 1.52 bits per heavy atom. The van der Waals surface area contributed by atoms with E-state index >= 15 is 0 Å². The summed E-state index contributed by atoms with van der Waals surface area (Å²) in [5.74, 6) is 0.0101. The Kier molecular flexibility index (Phi) is 7.34. The molecule has 5 aromatic rings. The van der Waals surface area contributed by atoms with Gasteiger partial charge in [0, 0.05) is 25.8 Å². The lowest BCUT2D eigenvalue weighted by molar-refractivity contribution is 0.0683. The van der Waals surface area contributed by atoms with E-state index < -0.39 is 0 Å². The van der Waals surface area contributed by atoms with E-state index in [0.717, 1.165) is 67.2 Å². The molecule has 4 nitrogen and oxygen atoms in total. The van der Waals surface area contributed by atoms with Crippen molar-refractivity contribution >= 4 is 60.5 Å². The average Bonchev–Trinajstić information content (AvgIpc) is 3.43. The third-order valence-electron chi connectivity index (χ3n) is 8.15. The molecule has 1 saturated carbocycles. The average molecular weight is 677 g/mol. The summed E-state index contributed by atoms with van der Waals surface area (Å²) < 4.78 is 2.06. The Morgan fingerprint density at radius 1 is 0.833 bits per heavy atom. The minimum absolute atomic E-state index is 0.108. The molecule has 0 saturated heterocycles. The van der Waals surface area contributed by atoms with Crippen LogP contribution in [0.15, 0.2) is 129 Å². The third kappa shape index (κ3) is 5.14. The molecule has 1 aliphatic carbocycles. The second-order valence-electron chi connectivity index (χ2n) is 10.8. The van der Waals surface area contributed by atoms with E-state index in [-0.39, 0.29) is 17.9 Å². The van der Waals surface area contributed by atoms with Crippen molar-refractivity contribution in [1.82, 2.24) is 9.99 Å². The maximum atomic E-state index is 14.7. The number of fused-ring (bicyclic) bond motifs is 2. The summed E-state index contributed by atoms with van der Waals surface area (Å²) in [5.41, 5.74) is 7.60. The highest BCUT2D eigenvalue weighted by atomic mass is 79.9. The molecule has 0 spiro atoms. The Morgan fingerprint density at radius 3 is 2.29 bits per heavy atom. The van der Waals surface area contributed by atoms with Crippen molar-refractivity contribution < 1.29 is 4.79 Å². The number of hydrogen-bond acceptors (Lipinski definition) is 3. The van der Waals surface area contributed by atoms with Crippen molar-refractivity contribution in [3.05, 3.63) is 140 Å². The number of allylic oxidation sites excluding steroid dienone is 1. The van der Waals surface area contributed by atoms with Gasteiger partial charge >= 0.3 is 0 Å².